The summed E-state index contributed by atoms with van der Waals surface area (Å²) in [5.74, 6) is -0.188. The van der Waals surface area contributed by atoms with Gasteiger partial charge in [0, 0.05) is 30.9 Å². The molecule has 0 aliphatic carbocycles. The number of carbonyl (C=O) groups excluding carboxylic acids is 1. The van der Waals surface area contributed by atoms with E-state index >= 15 is 0 Å². The molecule has 0 saturated carbocycles. The highest BCUT2D eigenvalue weighted by atomic mass is 35.5. The van der Waals surface area contributed by atoms with Crippen molar-refractivity contribution in [3.8, 4) is 0 Å². The molecule has 1 aromatic carbocycles. The summed E-state index contributed by atoms with van der Waals surface area (Å²) in [4.78, 5) is 19.8. The quantitative estimate of drug-likeness (QED) is 0.844. The summed E-state index contributed by atoms with van der Waals surface area (Å²) in [6.45, 7) is 4.49. The van der Waals surface area contributed by atoms with Crippen molar-refractivity contribution in [3.05, 3.63) is 46.5 Å². The smallest absolute Gasteiger partial charge is 0.242 e. The molecule has 24 heavy (non-hydrogen) atoms. The van der Waals surface area contributed by atoms with Crippen molar-refractivity contribution in [2.45, 2.75) is 32.5 Å². The fraction of sp³-hybridized carbons (Fsp3) is 0.375. The van der Waals surface area contributed by atoms with Gasteiger partial charge in [0.15, 0.2) is 5.13 Å². The molecule has 0 unspecified atom stereocenters. The van der Waals surface area contributed by atoms with E-state index in [1.54, 1.807) is 18.3 Å². The zero-order chi connectivity index (χ0) is 15.5. The molecule has 3 N–H and O–H groups in total. The predicted molar refractivity (Wildman–Crippen MR) is 103 cm³/mol. The SMILES string of the molecule is C[C@H](N)C(=O)Nc1nc2c(s1)CN(Cc1ccccc1)CC2.Cl.Cl. The van der Waals surface area contributed by atoms with Crippen LogP contribution < -0.4 is 11.1 Å². The highest BCUT2D eigenvalue weighted by Crippen LogP contribution is 2.29. The van der Waals surface area contributed by atoms with E-state index in [4.69, 9.17) is 5.73 Å². The van der Waals surface area contributed by atoms with Crippen molar-refractivity contribution in [2.75, 3.05) is 11.9 Å². The molecule has 2 heterocycles. The maximum atomic E-state index is 11.7. The van der Waals surface area contributed by atoms with Crippen LogP contribution in [0.25, 0.3) is 0 Å². The highest BCUT2D eigenvalue weighted by Gasteiger charge is 2.21. The Labute approximate surface area is 158 Å². The van der Waals surface area contributed by atoms with Crippen LogP contribution in [0.4, 0.5) is 5.13 Å². The summed E-state index contributed by atoms with van der Waals surface area (Å²) in [6.07, 6.45) is 0.923. The van der Waals surface area contributed by atoms with Crippen molar-refractivity contribution in [2.24, 2.45) is 5.73 Å². The number of aromatic nitrogens is 1. The van der Waals surface area contributed by atoms with Gasteiger partial charge in [0.1, 0.15) is 0 Å². The molecule has 1 atom stereocenters. The van der Waals surface area contributed by atoms with Gasteiger partial charge in [-0.05, 0) is 12.5 Å². The van der Waals surface area contributed by atoms with E-state index < -0.39 is 6.04 Å². The number of hydrogen-bond donors (Lipinski definition) is 2. The molecule has 8 heteroatoms. The fourth-order valence-electron chi connectivity index (χ4n) is 2.50. The third-order valence-corrected chi connectivity index (χ3v) is 4.70. The first kappa shape index (κ1) is 20.9. The Morgan fingerprint density at radius 3 is 2.75 bits per heavy atom. The summed E-state index contributed by atoms with van der Waals surface area (Å²) < 4.78 is 0. The van der Waals surface area contributed by atoms with E-state index in [1.165, 1.54) is 10.4 Å². The third-order valence-electron chi connectivity index (χ3n) is 3.70. The number of benzene rings is 1. The van der Waals surface area contributed by atoms with E-state index in [-0.39, 0.29) is 30.7 Å². The average Bonchev–Trinajstić information content (AvgIpc) is 2.89. The normalized spacial score (nSPS) is 14.8. The van der Waals surface area contributed by atoms with Gasteiger partial charge in [0.2, 0.25) is 5.91 Å². The highest BCUT2D eigenvalue weighted by molar-refractivity contribution is 7.15. The minimum atomic E-state index is -0.518. The first-order chi connectivity index (χ1) is 10.6. The largest absolute Gasteiger partial charge is 0.320 e. The number of nitrogens with two attached hydrogens (primary N) is 1. The molecule has 0 saturated heterocycles. The molecular formula is C16H22Cl2N4OS. The second kappa shape index (κ2) is 9.34. The van der Waals surface area contributed by atoms with Gasteiger partial charge in [-0.2, -0.15) is 0 Å². The molecule has 132 valence electrons. The molecule has 0 radical (unpaired) electrons. The summed E-state index contributed by atoms with van der Waals surface area (Å²) in [6, 6.07) is 9.95. The first-order valence-electron chi connectivity index (χ1n) is 7.43. The first-order valence-corrected chi connectivity index (χ1v) is 8.25. The second-order valence-corrected chi connectivity index (χ2v) is 6.70. The van der Waals surface area contributed by atoms with Crippen LogP contribution in [0.1, 0.15) is 23.1 Å². The van der Waals surface area contributed by atoms with E-state index in [2.05, 4.69) is 39.5 Å². The third kappa shape index (κ3) is 5.16. The van der Waals surface area contributed by atoms with E-state index in [1.807, 2.05) is 6.07 Å². The summed E-state index contributed by atoms with van der Waals surface area (Å²) in [5, 5.41) is 3.45. The van der Waals surface area contributed by atoms with Crippen molar-refractivity contribution in [1.29, 1.82) is 0 Å². The monoisotopic (exact) mass is 388 g/mol. The second-order valence-electron chi connectivity index (χ2n) is 5.61. The average molecular weight is 389 g/mol. The van der Waals surface area contributed by atoms with Gasteiger partial charge in [-0.25, -0.2) is 4.98 Å². The van der Waals surface area contributed by atoms with E-state index in [0.29, 0.717) is 5.13 Å². The molecule has 1 aromatic heterocycles. The maximum absolute atomic E-state index is 11.7. The number of anilines is 1. The van der Waals surface area contributed by atoms with Gasteiger partial charge in [0.25, 0.3) is 0 Å². The molecule has 5 nitrogen and oxygen atoms in total. The zero-order valence-corrected chi connectivity index (χ0v) is 15.8. The van der Waals surface area contributed by atoms with Crippen LogP contribution >= 0.6 is 36.2 Å². The lowest BCUT2D eigenvalue weighted by Gasteiger charge is -2.25. The molecule has 0 fully saturated rings. The van der Waals surface area contributed by atoms with Crippen LogP contribution in [-0.4, -0.2) is 28.4 Å². The standard InChI is InChI=1S/C16H20N4OS.2ClH/c1-11(17)15(21)19-16-18-13-7-8-20(10-14(13)22-16)9-12-5-3-2-4-6-12;;/h2-6,11H,7-10,17H2,1H3,(H,18,19,21);2*1H/t11-;;/m0../s1. The summed E-state index contributed by atoms with van der Waals surface area (Å²) in [5.41, 5.74) is 8.00. The molecule has 2 aromatic rings. The number of nitrogens with one attached hydrogen (secondary N) is 1. The van der Waals surface area contributed by atoms with Gasteiger partial charge >= 0.3 is 0 Å². The molecular weight excluding hydrogens is 367 g/mol. The Balaban J connectivity index is 0.00000144. The lowest BCUT2D eigenvalue weighted by Crippen LogP contribution is -2.32. The minimum absolute atomic E-state index is 0. The Bertz CT molecular complexity index is 663. The number of amides is 1. The Hall–Kier alpha value is -1.18. The molecule has 1 aliphatic heterocycles. The minimum Gasteiger partial charge on any atom is -0.320 e. The number of hydrogen-bond acceptors (Lipinski definition) is 5. The fourth-order valence-corrected chi connectivity index (χ4v) is 3.55. The number of carbonyl (C=O) groups is 1. The van der Waals surface area contributed by atoms with Gasteiger partial charge in [-0.1, -0.05) is 30.3 Å². The lowest BCUT2D eigenvalue weighted by molar-refractivity contribution is -0.117. The van der Waals surface area contributed by atoms with Gasteiger partial charge in [0.05, 0.1) is 11.7 Å². The Morgan fingerprint density at radius 2 is 2.08 bits per heavy atom. The van der Waals surface area contributed by atoms with Crippen molar-refractivity contribution in [3.63, 3.8) is 0 Å². The molecule has 1 amide bonds. The predicted octanol–water partition coefficient (Wildman–Crippen LogP) is 2.83. The van der Waals surface area contributed by atoms with E-state index in [0.717, 1.165) is 31.7 Å². The number of thiazole rings is 1. The number of rotatable bonds is 4. The number of fused-ring (bicyclic) bond motifs is 1. The number of halogens is 2. The van der Waals surface area contributed by atoms with Crippen LogP contribution in [0.2, 0.25) is 0 Å². The van der Waals surface area contributed by atoms with Crippen molar-refractivity contribution in [1.82, 2.24) is 9.88 Å². The molecule has 3 rings (SSSR count). The Morgan fingerprint density at radius 1 is 1.38 bits per heavy atom. The van der Waals surface area contributed by atoms with Gasteiger partial charge < -0.3 is 11.1 Å². The van der Waals surface area contributed by atoms with Crippen LogP contribution in [0.5, 0.6) is 0 Å². The summed E-state index contributed by atoms with van der Waals surface area (Å²) in [7, 11) is 0. The topological polar surface area (TPSA) is 71.2 Å². The zero-order valence-electron chi connectivity index (χ0n) is 13.4. The van der Waals surface area contributed by atoms with Crippen LogP contribution in [-0.2, 0) is 24.3 Å². The summed E-state index contributed by atoms with van der Waals surface area (Å²) >= 11 is 1.56. The van der Waals surface area contributed by atoms with Crippen LogP contribution in [0, 0.1) is 0 Å². The van der Waals surface area contributed by atoms with Gasteiger partial charge in [-0.3, -0.25) is 9.69 Å². The number of nitrogens with zero attached hydrogens (tertiary/aromatic N) is 2. The molecule has 1 aliphatic rings. The lowest BCUT2D eigenvalue weighted by atomic mass is 10.1. The Kier molecular flexibility index (Phi) is 8.12. The van der Waals surface area contributed by atoms with E-state index in [9.17, 15) is 4.79 Å². The molecule has 0 spiro atoms. The van der Waals surface area contributed by atoms with Crippen molar-refractivity contribution < 1.29 is 4.79 Å². The molecule has 0 bridgehead atoms. The van der Waals surface area contributed by atoms with Crippen molar-refractivity contribution >= 4 is 47.2 Å². The maximum Gasteiger partial charge on any atom is 0.242 e. The van der Waals surface area contributed by atoms with Crippen LogP contribution in [0.15, 0.2) is 30.3 Å². The van der Waals surface area contributed by atoms with Gasteiger partial charge in [-0.15, -0.1) is 36.2 Å². The van der Waals surface area contributed by atoms with Crippen LogP contribution in [0.3, 0.4) is 0 Å².